The number of rotatable bonds is 7. The zero-order valence-corrected chi connectivity index (χ0v) is 17.1. The van der Waals surface area contributed by atoms with Crippen LogP contribution in [-0.2, 0) is 16.1 Å². The number of carbonyl (C=O) groups is 2. The highest BCUT2D eigenvalue weighted by atomic mass is 16.5. The second-order valence-corrected chi connectivity index (χ2v) is 6.91. The molecule has 4 rings (SSSR count). The molecule has 1 N–H and O–H groups in total. The van der Waals surface area contributed by atoms with Gasteiger partial charge in [-0.1, -0.05) is 47.6 Å². The predicted octanol–water partition coefficient (Wildman–Crippen LogP) is 4.82. The van der Waals surface area contributed by atoms with Crippen molar-refractivity contribution < 1.29 is 28.7 Å². The fraction of sp³-hybridized carbons (Fsp3) is 0.0800. The summed E-state index contributed by atoms with van der Waals surface area (Å²) < 4.78 is 15.9. The number of esters is 1. The van der Waals surface area contributed by atoms with Gasteiger partial charge in [-0.3, -0.25) is 0 Å². The Balaban J connectivity index is 1.61. The molecule has 0 bridgehead atoms. The van der Waals surface area contributed by atoms with E-state index in [9.17, 15) is 14.7 Å². The molecule has 1 aromatic heterocycles. The number of carboxylic acids is 1. The topological polar surface area (TPSA) is 98.9 Å². The maximum atomic E-state index is 12.0. The number of aliphatic carboxylic acids is 1. The molecule has 7 nitrogen and oxygen atoms in total. The van der Waals surface area contributed by atoms with E-state index in [1.807, 2.05) is 0 Å². The molecule has 0 aliphatic rings. The highest BCUT2D eigenvalue weighted by molar-refractivity contribution is 6.23. The average Bonchev–Trinajstić information content (AvgIpc) is 3.25. The number of benzene rings is 3. The maximum Gasteiger partial charge on any atom is 0.338 e. The van der Waals surface area contributed by atoms with E-state index in [4.69, 9.17) is 14.0 Å². The van der Waals surface area contributed by atoms with Gasteiger partial charge in [-0.15, -0.1) is 0 Å². The van der Waals surface area contributed by atoms with Crippen LogP contribution in [0.2, 0.25) is 0 Å². The van der Waals surface area contributed by atoms with Gasteiger partial charge in [0.15, 0.2) is 5.58 Å². The number of aromatic nitrogens is 1. The van der Waals surface area contributed by atoms with Crippen molar-refractivity contribution in [3.63, 3.8) is 0 Å². The monoisotopic (exact) mass is 429 g/mol. The van der Waals surface area contributed by atoms with Gasteiger partial charge in [0.1, 0.15) is 18.1 Å². The van der Waals surface area contributed by atoms with Crippen LogP contribution in [-0.4, -0.2) is 29.3 Å². The molecule has 3 aromatic carbocycles. The standard InChI is InChI=1S/C25H19NO6/c1-30-25(29)17-12-10-16(11-13-17)15-31-21-8-4-2-6-18(21)14-20(24(27)28)23-19-7-3-5-9-22(19)32-26-23/h2-14H,15H2,1H3,(H,27,28). The van der Waals surface area contributed by atoms with Crippen molar-refractivity contribution in [3.8, 4) is 5.75 Å². The molecule has 0 aliphatic carbocycles. The summed E-state index contributed by atoms with van der Waals surface area (Å²) in [5, 5.41) is 14.4. The minimum absolute atomic E-state index is 0.00608. The van der Waals surface area contributed by atoms with Crippen molar-refractivity contribution in [1.29, 1.82) is 0 Å². The van der Waals surface area contributed by atoms with E-state index in [0.717, 1.165) is 5.56 Å². The van der Waals surface area contributed by atoms with Gasteiger partial charge in [0.05, 0.1) is 18.2 Å². The second kappa shape index (κ2) is 9.18. The summed E-state index contributed by atoms with van der Waals surface area (Å²) in [5.74, 6) is -1.03. The second-order valence-electron chi connectivity index (χ2n) is 6.91. The number of nitrogens with zero attached hydrogens (tertiary/aromatic N) is 1. The third-order valence-electron chi connectivity index (χ3n) is 4.85. The van der Waals surface area contributed by atoms with Crippen molar-refractivity contribution in [2.75, 3.05) is 7.11 Å². The summed E-state index contributed by atoms with van der Waals surface area (Å²) in [4.78, 5) is 23.6. The van der Waals surface area contributed by atoms with Crippen LogP contribution in [0.5, 0.6) is 5.75 Å². The van der Waals surface area contributed by atoms with Crippen LogP contribution in [0.15, 0.2) is 77.3 Å². The number of para-hydroxylation sites is 2. The van der Waals surface area contributed by atoms with Crippen LogP contribution in [0.1, 0.15) is 27.2 Å². The number of fused-ring (bicyclic) bond motifs is 1. The summed E-state index contributed by atoms with van der Waals surface area (Å²) in [6, 6.07) is 21.1. The highest BCUT2D eigenvalue weighted by Gasteiger charge is 2.19. The molecule has 32 heavy (non-hydrogen) atoms. The van der Waals surface area contributed by atoms with Crippen LogP contribution in [0.4, 0.5) is 0 Å². The molecular weight excluding hydrogens is 410 g/mol. The van der Waals surface area contributed by atoms with Gasteiger partial charge < -0.3 is 19.1 Å². The quantitative estimate of drug-likeness (QED) is 0.332. The molecule has 0 aliphatic heterocycles. The fourth-order valence-corrected chi connectivity index (χ4v) is 3.21. The number of methoxy groups -OCH3 is 1. The highest BCUT2D eigenvalue weighted by Crippen LogP contribution is 2.29. The minimum Gasteiger partial charge on any atom is -0.488 e. The first-order valence-corrected chi connectivity index (χ1v) is 9.75. The molecule has 160 valence electrons. The van der Waals surface area contributed by atoms with Gasteiger partial charge >= 0.3 is 11.9 Å². The first kappa shape index (κ1) is 20.9. The Morgan fingerprint density at radius 3 is 2.47 bits per heavy atom. The van der Waals surface area contributed by atoms with Crippen molar-refractivity contribution in [1.82, 2.24) is 5.16 Å². The van der Waals surface area contributed by atoms with Crippen LogP contribution in [0.3, 0.4) is 0 Å². The van der Waals surface area contributed by atoms with E-state index in [1.54, 1.807) is 72.8 Å². The third kappa shape index (κ3) is 4.37. The van der Waals surface area contributed by atoms with E-state index in [1.165, 1.54) is 13.2 Å². The molecule has 0 saturated heterocycles. The summed E-state index contributed by atoms with van der Waals surface area (Å²) in [7, 11) is 1.33. The predicted molar refractivity (Wildman–Crippen MR) is 118 cm³/mol. The fourth-order valence-electron chi connectivity index (χ4n) is 3.21. The van der Waals surface area contributed by atoms with Crippen molar-refractivity contribution in [3.05, 3.63) is 95.2 Å². The Labute approximate surface area is 183 Å². The molecule has 0 atom stereocenters. The lowest BCUT2D eigenvalue weighted by Gasteiger charge is -2.10. The molecule has 0 unspecified atom stereocenters. The molecule has 4 aromatic rings. The van der Waals surface area contributed by atoms with Crippen LogP contribution in [0.25, 0.3) is 22.6 Å². The minimum atomic E-state index is -1.13. The Morgan fingerprint density at radius 2 is 1.72 bits per heavy atom. The summed E-state index contributed by atoms with van der Waals surface area (Å²) in [6.45, 7) is 0.238. The van der Waals surface area contributed by atoms with Gasteiger partial charge in [0.2, 0.25) is 0 Å². The smallest absolute Gasteiger partial charge is 0.338 e. The lowest BCUT2D eigenvalue weighted by molar-refractivity contribution is -0.130. The molecule has 7 heteroatoms. The van der Waals surface area contributed by atoms with Crippen molar-refractivity contribution in [2.45, 2.75) is 6.61 Å². The van der Waals surface area contributed by atoms with Gasteiger partial charge in [-0.05, 0) is 42.0 Å². The Morgan fingerprint density at radius 1 is 1.00 bits per heavy atom. The van der Waals surface area contributed by atoms with Gasteiger partial charge in [-0.2, -0.15) is 0 Å². The van der Waals surface area contributed by atoms with E-state index in [-0.39, 0.29) is 17.9 Å². The molecule has 0 amide bonds. The summed E-state index contributed by atoms with van der Waals surface area (Å²) in [5.41, 5.74) is 2.63. The summed E-state index contributed by atoms with van der Waals surface area (Å²) >= 11 is 0. The van der Waals surface area contributed by atoms with E-state index < -0.39 is 11.9 Å². The zero-order chi connectivity index (χ0) is 22.5. The lowest BCUT2D eigenvalue weighted by atomic mass is 10.0. The number of hydrogen-bond acceptors (Lipinski definition) is 6. The largest absolute Gasteiger partial charge is 0.488 e. The van der Waals surface area contributed by atoms with E-state index in [2.05, 4.69) is 5.16 Å². The van der Waals surface area contributed by atoms with Gasteiger partial charge in [-0.25, -0.2) is 9.59 Å². The maximum absolute atomic E-state index is 12.0. The Bertz CT molecular complexity index is 1300. The molecule has 1 heterocycles. The molecular formula is C25H19NO6. The normalized spacial score (nSPS) is 11.3. The van der Waals surface area contributed by atoms with Crippen molar-refractivity contribution >= 4 is 34.6 Å². The van der Waals surface area contributed by atoms with Crippen LogP contribution in [0, 0.1) is 0 Å². The number of hydrogen-bond donors (Lipinski definition) is 1. The van der Waals surface area contributed by atoms with E-state index >= 15 is 0 Å². The Hall–Kier alpha value is -4.39. The molecule has 0 spiro atoms. The molecule has 0 fully saturated rings. The third-order valence-corrected chi connectivity index (χ3v) is 4.85. The SMILES string of the molecule is COC(=O)c1ccc(COc2ccccc2C=C(C(=O)O)c2noc3ccccc23)cc1. The Kier molecular flexibility index (Phi) is 5.98. The van der Waals surface area contributed by atoms with Crippen molar-refractivity contribution in [2.24, 2.45) is 0 Å². The number of carboxylic acid groups (broad SMARTS) is 1. The van der Waals surface area contributed by atoms with Crippen LogP contribution < -0.4 is 4.74 Å². The first-order valence-electron chi connectivity index (χ1n) is 9.75. The number of carbonyl (C=O) groups excluding carboxylic acids is 1. The number of ether oxygens (including phenoxy) is 2. The average molecular weight is 429 g/mol. The molecule has 0 saturated carbocycles. The van der Waals surface area contributed by atoms with Gasteiger partial charge in [0, 0.05) is 10.9 Å². The zero-order valence-electron chi connectivity index (χ0n) is 17.1. The van der Waals surface area contributed by atoms with Gasteiger partial charge in [0.25, 0.3) is 0 Å². The van der Waals surface area contributed by atoms with Crippen LogP contribution >= 0.6 is 0 Å². The first-order chi connectivity index (χ1) is 15.6. The molecule has 0 radical (unpaired) electrons. The van der Waals surface area contributed by atoms with E-state index in [0.29, 0.717) is 27.8 Å². The lowest BCUT2D eigenvalue weighted by Crippen LogP contribution is -2.03. The summed E-state index contributed by atoms with van der Waals surface area (Å²) in [6.07, 6.45) is 1.52.